The van der Waals surface area contributed by atoms with Gasteiger partial charge in [0.1, 0.15) is 0 Å². The van der Waals surface area contributed by atoms with Crippen molar-refractivity contribution >= 4 is 11.6 Å². The number of fused-ring (bicyclic) bond motifs is 1. The lowest BCUT2D eigenvalue weighted by atomic mass is 9.87. The summed E-state index contributed by atoms with van der Waals surface area (Å²) in [4.78, 5) is 0. The monoisotopic (exact) mass is 263 g/mol. The van der Waals surface area contributed by atoms with Crippen molar-refractivity contribution in [3.05, 3.63) is 70.8 Å². The SMILES string of the molecule is CNCC/C=C1/C2=C(C=CCC2)C=Cc2ccccc21. The van der Waals surface area contributed by atoms with Gasteiger partial charge in [0.05, 0.1) is 0 Å². The van der Waals surface area contributed by atoms with Crippen LogP contribution in [0.4, 0.5) is 0 Å². The van der Waals surface area contributed by atoms with Gasteiger partial charge in [-0.2, -0.15) is 0 Å². The first-order valence-electron chi connectivity index (χ1n) is 7.42. The van der Waals surface area contributed by atoms with Crippen LogP contribution in [0.2, 0.25) is 0 Å². The van der Waals surface area contributed by atoms with Gasteiger partial charge in [-0.3, -0.25) is 0 Å². The third kappa shape index (κ3) is 2.54. The molecular weight excluding hydrogens is 242 g/mol. The van der Waals surface area contributed by atoms with E-state index in [-0.39, 0.29) is 0 Å². The highest BCUT2D eigenvalue weighted by molar-refractivity contribution is 5.88. The van der Waals surface area contributed by atoms with Gasteiger partial charge in [0.15, 0.2) is 0 Å². The van der Waals surface area contributed by atoms with E-state index in [9.17, 15) is 0 Å². The molecule has 1 heteroatoms. The molecule has 0 aliphatic heterocycles. The van der Waals surface area contributed by atoms with Crippen LogP contribution >= 0.6 is 0 Å². The van der Waals surface area contributed by atoms with Gasteiger partial charge in [-0.15, -0.1) is 0 Å². The highest BCUT2D eigenvalue weighted by Gasteiger charge is 2.17. The zero-order valence-corrected chi connectivity index (χ0v) is 12.0. The summed E-state index contributed by atoms with van der Waals surface area (Å²) in [6, 6.07) is 8.72. The van der Waals surface area contributed by atoms with E-state index in [0.717, 1.165) is 25.8 Å². The predicted octanol–water partition coefficient (Wildman–Crippen LogP) is 4.35. The fourth-order valence-corrected chi connectivity index (χ4v) is 2.95. The molecule has 102 valence electrons. The smallest absolute Gasteiger partial charge is 0.00169 e. The second-order valence-electron chi connectivity index (χ2n) is 5.31. The molecule has 1 nitrogen and oxygen atoms in total. The average molecular weight is 263 g/mol. The Labute approximate surface area is 121 Å². The molecular formula is C19H21N. The summed E-state index contributed by atoms with van der Waals surface area (Å²) in [6.07, 6.45) is 14.8. The highest BCUT2D eigenvalue weighted by Crippen LogP contribution is 2.37. The fourth-order valence-electron chi connectivity index (χ4n) is 2.95. The Morgan fingerprint density at radius 3 is 2.95 bits per heavy atom. The van der Waals surface area contributed by atoms with Crippen molar-refractivity contribution in [1.82, 2.24) is 5.32 Å². The molecule has 0 amide bonds. The maximum absolute atomic E-state index is 3.23. The number of hydrogen-bond donors (Lipinski definition) is 1. The quantitative estimate of drug-likeness (QED) is 0.799. The zero-order chi connectivity index (χ0) is 13.8. The number of nitrogens with one attached hydrogen (secondary N) is 1. The van der Waals surface area contributed by atoms with Crippen LogP contribution in [-0.2, 0) is 0 Å². The van der Waals surface area contributed by atoms with Crippen LogP contribution in [0.1, 0.15) is 30.4 Å². The molecule has 1 aromatic carbocycles. The van der Waals surface area contributed by atoms with Gasteiger partial charge in [-0.1, -0.05) is 54.6 Å². The molecule has 0 bridgehead atoms. The van der Waals surface area contributed by atoms with Crippen molar-refractivity contribution in [2.45, 2.75) is 19.3 Å². The maximum Gasteiger partial charge on any atom is -0.00169 e. The van der Waals surface area contributed by atoms with Gasteiger partial charge in [0.2, 0.25) is 0 Å². The third-order valence-corrected chi connectivity index (χ3v) is 3.97. The molecule has 0 fully saturated rings. The number of benzene rings is 1. The molecule has 0 saturated carbocycles. The van der Waals surface area contributed by atoms with E-state index in [1.807, 2.05) is 7.05 Å². The normalized spacial score (nSPS) is 18.9. The Bertz CT molecular complexity index is 614. The van der Waals surface area contributed by atoms with Crippen LogP contribution in [0.25, 0.3) is 11.6 Å². The first kappa shape index (κ1) is 13.1. The Hall–Kier alpha value is -1.86. The first-order valence-corrected chi connectivity index (χ1v) is 7.42. The molecule has 2 aliphatic rings. The van der Waals surface area contributed by atoms with E-state index >= 15 is 0 Å². The van der Waals surface area contributed by atoms with Gasteiger partial charge < -0.3 is 5.32 Å². The molecule has 2 aliphatic carbocycles. The summed E-state index contributed by atoms with van der Waals surface area (Å²) in [5, 5.41) is 3.23. The highest BCUT2D eigenvalue weighted by atomic mass is 14.8. The summed E-state index contributed by atoms with van der Waals surface area (Å²) in [5.41, 5.74) is 7.01. The predicted molar refractivity (Wildman–Crippen MR) is 87.4 cm³/mol. The van der Waals surface area contributed by atoms with Gasteiger partial charge in [0, 0.05) is 0 Å². The van der Waals surface area contributed by atoms with Crippen LogP contribution < -0.4 is 5.32 Å². The fraction of sp³-hybridized carbons (Fsp3) is 0.263. The van der Waals surface area contributed by atoms with E-state index in [4.69, 9.17) is 0 Å². The lowest BCUT2D eigenvalue weighted by Crippen LogP contribution is -2.06. The third-order valence-electron chi connectivity index (χ3n) is 3.97. The largest absolute Gasteiger partial charge is 0.319 e. The Kier molecular flexibility index (Phi) is 3.98. The van der Waals surface area contributed by atoms with E-state index in [2.05, 4.69) is 60.0 Å². The summed E-state index contributed by atoms with van der Waals surface area (Å²) in [6.45, 7) is 1.03. The molecule has 3 rings (SSSR count). The van der Waals surface area contributed by atoms with Crippen LogP contribution in [-0.4, -0.2) is 13.6 Å². The Morgan fingerprint density at radius 1 is 1.15 bits per heavy atom. The molecule has 0 radical (unpaired) electrons. The first-order chi connectivity index (χ1) is 9.90. The molecule has 20 heavy (non-hydrogen) atoms. The molecule has 0 spiro atoms. The van der Waals surface area contributed by atoms with E-state index < -0.39 is 0 Å². The Balaban J connectivity index is 2.10. The van der Waals surface area contributed by atoms with Gasteiger partial charge in [-0.25, -0.2) is 0 Å². The van der Waals surface area contributed by atoms with Gasteiger partial charge >= 0.3 is 0 Å². The van der Waals surface area contributed by atoms with Crippen LogP contribution in [0.15, 0.2) is 59.7 Å². The van der Waals surface area contributed by atoms with Crippen molar-refractivity contribution in [3.63, 3.8) is 0 Å². The molecule has 1 N–H and O–H groups in total. The zero-order valence-electron chi connectivity index (χ0n) is 12.0. The minimum Gasteiger partial charge on any atom is -0.319 e. The maximum atomic E-state index is 3.23. The van der Waals surface area contributed by atoms with Crippen LogP contribution in [0, 0.1) is 0 Å². The van der Waals surface area contributed by atoms with E-state index in [1.165, 1.54) is 27.8 Å². The van der Waals surface area contributed by atoms with Crippen molar-refractivity contribution in [2.24, 2.45) is 0 Å². The summed E-state index contributed by atoms with van der Waals surface area (Å²) in [7, 11) is 2.01. The summed E-state index contributed by atoms with van der Waals surface area (Å²) >= 11 is 0. The molecule has 1 aromatic rings. The minimum absolute atomic E-state index is 1.03. The van der Waals surface area contributed by atoms with Gasteiger partial charge in [0.25, 0.3) is 0 Å². The Morgan fingerprint density at radius 2 is 2.05 bits per heavy atom. The topological polar surface area (TPSA) is 12.0 Å². The molecule has 0 saturated heterocycles. The number of hydrogen-bond acceptors (Lipinski definition) is 1. The van der Waals surface area contributed by atoms with Crippen molar-refractivity contribution in [1.29, 1.82) is 0 Å². The van der Waals surface area contributed by atoms with Crippen LogP contribution in [0.5, 0.6) is 0 Å². The molecule has 0 heterocycles. The molecule has 0 atom stereocenters. The lowest BCUT2D eigenvalue weighted by molar-refractivity contribution is 0.808. The van der Waals surface area contributed by atoms with Gasteiger partial charge in [-0.05, 0) is 60.7 Å². The van der Waals surface area contributed by atoms with Crippen molar-refractivity contribution < 1.29 is 0 Å². The minimum atomic E-state index is 1.03. The van der Waals surface area contributed by atoms with E-state index in [0.29, 0.717) is 0 Å². The van der Waals surface area contributed by atoms with Crippen LogP contribution in [0.3, 0.4) is 0 Å². The number of allylic oxidation sites excluding steroid dienone is 6. The summed E-state index contributed by atoms with van der Waals surface area (Å²) < 4.78 is 0. The van der Waals surface area contributed by atoms with E-state index in [1.54, 1.807) is 0 Å². The second-order valence-corrected chi connectivity index (χ2v) is 5.31. The molecule has 0 unspecified atom stereocenters. The average Bonchev–Trinajstić information content (AvgIpc) is 2.66. The van der Waals surface area contributed by atoms with Crippen molar-refractivity contribution in [3.8, 4) is 0 Å². The second kappa shape index (κ2) is 6.06. The molecule has 0 aromatic heterocycles. The number of rotatable bonds is 3. The summed E-state index contributed by atoms with van der Waals surface area (Å²) in [5.74, 6) is 0. The standard InChI is InChI=1S/C19H21N/c1-20-14-6-11-19-17-9-4-2-7-15(17)12-13-16-8-3-5-10-18(16)19/h2-4,7-9,11-13,20H,5-6,10,14H2,1H3/b19-11+. The van der Waals surface area contributed by atoms with Crippen molar-refractivity contribution in [2.75, 3.05) is 13.6 Å². The lowest BCUT2D eigenvalue weighted by Gasteiger charge is -2.17.